The molecule has 15 heavy (non-hydrogen) atoms. The lowest BCUT2D eigenvalue weighted by molar-refractivity contribution is -0.139. The number of amides is 1. The molecule has 0 aliphatic rings. The minimum atomic E-state index is -1.07. The van der Waals surface area contributed by atoms with Crippen molar-refractivity contribution in [1.29, 1.82) is 0 Å². The zero-order valence-corrected chi connectivity index (χ0v) is 8.86. The Balaban J connectivity index is 3.51. The molecule has 4 N–H and O–H groups in total. The van der Waals surface area contributed by atoms with Crippen molar-refractivity contribution in [1.82, 2.24) is 5.32 Å². The first-order valence-electron chi connectivity index (χ1n) is 4.82. The van der Waals surface area contributed by atoms with Crippen molar-refractivity contribution in [2.45, 2.75) is 25.3 Å². The van der Waals surface area contributed by atoms with Crippen LogP contribution in [-0.4, -0.2) is 43.3 Å². The summed E-state index contributed by atoms with van der Waals surface area (Å²) in [4.78, 5) is 21.4. The lowest BCUT2D eigenvalue weighted by atomic mass is 10.2. The number of methoxy groups -OCH3 is 1. The summed E-state index contributed by atoms with van der Waals surface area (Å²) >= 11 is 0. The SMILES string of the molecule is COCCCCNC(=O)C(N)CC(=O)O. The number of carboxylic acids is 1. The van der Waals surface area contributed by atoms with Gasteiger partial charge in [-0.25, -0.2) is 0 Å². The normalized spacial score (nSPS) is 12.1. The fourth-order valence-electron chi connectivity index (χ4n) is 0.995. The second-order valence-corrected chi connectivity index (χ2v) is 3.20. The topological polar surface area (TPSA) is 102 Å². The highest BCUT2D eigenvalue weighted by Crippen LogP contribution is 1.90. The van der Waals surface area contributed by atoms with Crippen LogP contribution in [-0.2, 0) is 14.3 Å². The van der Waals surface area contributed by atoms with Crippen molar-refractivity contribution in [3.8, 4) is 0 Å². The molecule has 6 nitrogen and oxygen atoms in total. The molecule has 0 aromatic rings. The molecule has 0 rings (SSSR count). The molecule has 6 heteroatoms. The smallest absolute Gasteiger partial charge is 0.305 e. The third kappa shape index (κ3) is 7.90. The van der Waals surface area contributed by atoms with Crippen LogP contribution in [0.2, 0.25) is 0 Å². The first-order chi connectivity index (χ1) is 7.07. The van der Waals surface area contributed by atoms with Crippen LogP contribution in [0.4, 0.5) is 0 Å². The zero-order valence-electron chi connectivity index (χ0n) is 8.86. The van der Waals surface area contributed by atoms with Crippen LogP contribution in [0.15, 0.2) is 0 Å². The van der Waals surface area contributed by atoms with Crippen LogP contribution in [0.3, 0.4) is 0 Å². The van der Waals surface area contributed by atoms with Crippen LogP contribution in [0.25, 0.3) is 0 Å². The molecule has 88 valence electrons. The van der Waals surface area contributed by atoms with Crippen LogP contribution < -0.4 is 11.1 Å². The van der Waals surface area contributed by atoms with Gasteiger partial charge in [0.1, 0.15) is 0 Å². The Kier molecular flexibility index (Phi) is 7.57. The van der Waals surface area contributed by atoms with Gasteiger partial charge < -0.3 is 20.9 Å². The van der Waals surface area contributed by atoms with E-state index in [1.165, 1.54) is 0 Å². The molecule has 0 saturated heterocycles. The molecule has 0 radical (unpaired) electrons. The number of hydrogen-bond acceptors (Lipinski definition) is 4. The number of ether oxygens (including phenoxy) is 1. The van der Waals surface area contributed by atoms with E-state index in [0.717, 1.165) is 12.8 Å². The summed E-state index contributed by atoms with van der Waals surface area (Å²) in [7, 11) is 1.61. The predicted octanol–water partition coefficient (Wildman–Crippen LogP) is -0.669. The Labute approximate surface area is 88.8 Å². The summed E-state index contributed by atoms with van der Waals surface area (Å²) in [5.74, 6) is -1.49. The molecule has 0 fully saturated rings. The molecule has 0 aliphatic heterocycles. The number of nitrogens with two attached hydrogens (primary N) is 1. The maximum atomic E-state index is 11.2. The average molecular weight is 218 g/mol. The summed E-state index contributed by atoms with van der Waals surface area (Å²) < 4.78 is 4.83. The van der Waals surface area contributed by atoms with Gasteiger partial charge >= 0.3 is 5.97 Å². The van der Waals surface area contributed by atoms with E-state index < -0.39 is 17.9 Å². The minimum absolute atomic E-state index is 0.343. The largest absolute Gasteiger partial charge is 0.481 e. The third-order valence-corrected chi connectivity index (χ3v) is 1.81. The summed E-state index contributed by atoms with van der Waals surface area (Å²) in [5, 5.41) is 11.0. The van der Waals surface area contributed by atoms with Gasteiger partial charge in [0.2, 0.25) is 5.91 Å². The predicted molar refractivity (Wildman–Crippen MR) is 54.3 cm³/mol. The van der Waals surface area contributed by atoms with Crippen molar-refractivity contribution < 1.29 is 19.4 Å². The summed E-state index contributed by atoms with van der Waals surface area (Å²) in [6, 6.07) is -0.968. The highest BCUT2D eigenvalue weighted by molar-refractivity contribution is 5.85. The van der Waals surface area contributed by atoms with Gasteiger partial charge in [0.05, 0.1) is 12.5 Å². The van der Waals surface area contributed by atoms with E-state index in [4.69, 9.17) is 15.6 Å². The van der Waals surface area contributed by atoms with Gasteiger partial charge in [-0.15, -0.1) is 0 Å². The summed E-state index contributed by atoms with van der Waals surface area (Å²) in [6.45, 7) is 1.15. The maximum Gasteiger partial charge on any atom is 0.305 e. The molecule has 1 atom stereocenters. The van der Waals surface area contributed by atoms with Crippen LogP contribution in [0.1, 0.15) is 19.3 Å². The monoisotopic (exact) mass is 218 g/mol. The highest BCUT2D eigenvalue weighted by Gasteiger charge is 2.15. The molecule has 0 aromatic carbocycles. The molecule has 1 unspecified atom stereocenters. The third-order valence-electron chi connectivity index (χ3n) is 1.81. The number of carbonyl (C=O) groups excluding carboxylic acids is 1. The van der Waals surface area contributed by atoms with E-state index in [2.05, 4.69) is 5.32 Å². The second-order valence-electron chi connectivity index (χ2n) is 3.20. The fourth-order valence-corrected chi connectivity index (χ4v) is 0.995. The molecule has 0 bridgehead atoms. The van der Waals surface area contributed by atoms with E-state index in [9.17, 15) is 9.59 Å². The molecule has 0 spiro atoms. The van der Waals surface area contributed by atoms with Gasteiger partial charge in [0.25, 0.3) is 0 Å². The van der Waals surface area contributed by atoms with Gasteiger partial charge in [0, 0.05) is 20.3 Å². The molecular formula is C9H18N2O4. The molecule has 1 amide bonds. The van der Waals surface area contributed by atoms with Crippen molar-refractivity contribution in [3.63, 3.8) is 0 Å². The first-order valence-corrected chi connectivity index (χ1v) is 4.82. The number of carbonyl (C=O) groups is 2. The second kappa shape index (κ2) is 8.19. The van der Waals surface area contributed by atoms with Gasteiger partial charge in [0.15, 0.2) is 0 Å². The standard InChI is InChI=1S/C9H18N2O4/c1-15-5-3-2-4-11-9(14)7(10)6-8(12)13/h7H,2-6,10H2,1H3,(H,11,14)(H,12,13). The molecule has 0 aliphatic carbocycles. The Hall–Kier alpha value is -1.14. The van der Waals surface area contributed by atoms with Gasteiger partial charge in [-0.1, -0.05) is 0 Å². The average Bonchev–Trinajstić information content (AvgIpc) is 2.16. The lowest BCUT2D eigenvalue weighted by Crippen LogP contribution is -2.42. The number of nitrogens with one attached hydrogen (secondary N) is 1. The number of rotatable bonds is 8. The van der Waals surface area contributed by atoms with E-state index in [-0.39, 0.29) is 6.42 Å². The first kappa shape index (κ1) is 13.9. The number of carboxylic acid groups (broad SMARTS) is 1. The Bertz CT molecular complexity index is 208. The highest BCUT2D eigenvalue weighted by atomic mass is 16.5. The molecule has 0 heterocycles. The lowest BCUT2D eigenvalue weighted by Gasteiger charge is -2.09. The zero-order chi connectivity index (χ0) is 11.7. The number of hydrogen-bond donors (Lipinski definition) is 3. The van der Waals surface area contributed by atoms with Gasteiger partial charge in [-0.05, 0) is 12.8 Å². The van der Waals surface area contributed by atoms with Crippen LogP contribution in [0, 0.1) is 0 Å². The van der Waals surface area contributed by atoms with Crippen molar-refractivity contribution in [3.05, 3.63) is 0 Å². The molecule has 0 saturated carbocycles. The van der Waals surface area contributed by atoms with Crippen molar-refractivity contribution in [2.24, 2.45) is 5.73 Å². The van der Waals surface area contributed by atoms with Crippen LogP contribution in [0.5, 0.6) is 0 Å². The molecular weight excluding hydrogens is 200 g/mol. The summed E-state index contributed by atoms with van der Waals surface area (Å²) in [5.41, 5.74) is 5.34. The van der Waals surface area contributed by atoms with E-state index in [1.54, 1.807) is 7.11 Å². The van der Waals surface area contributed by atoms with Crippen LogP contribution >= 0.6 is 0 Å². The van der Waals surface area contributed by atoms with E-state index in [1.807, 2.05) is 0 Å². The van der Waals surface area contributed by atoms with E-state index >= 15 is 0 Å². The fraction of sp³-hybridized carbons (Fsp3) is 0.778. The maximum absolute atomic E-state index is 11.2. The van der Waals surface area contributed by atoms with Crippen molar-refractivity contribution >= 4 is 11.9 Å². The number of aliphatic carboxylic acids is 1. The van der Waals surface area contributed by atoms with Gasteiger partial charge in [-0.2, -0.15) is 0 Å². The van der Waals surface area contributed by atoms with Crippen molar-refractivity contribution in [2.75, 3.05) is 20.3 Å². The van der Waals surface area contributed by atoms with E-state index in [0.29, 0.717) is 13.2 Å². The molecule has 0 aromatic heterocycles. The Morgan fingerprint density at radius 2 is 2.13 bits per heavy atom. The Morgan fingerprint density at radius 1 is 1.47 bits per heavy atom. The quantitative estimate of drug-likeness (QED) is 0.469. The minimum Gasteiger partial charge on any atom is -0.481 e. The summed E-state index contributed by atoms with van der Waals surface area (Å²) in [6.07, 6.45) is 1.30. The number of unbranched alkanes of at least 4 members (excludes halogenated alkanes) is 1. The Morgan fingerprint density at radius 3 is 2.67 bits per heavy atom. The van der Waals surface area contributed by atoms with Gasteiger partial charge in [-0.3, -0.25) is 9.59 Å².